The maximum absolute atomic E-state index is 11.6. The minimum absolute atomic E-state index is 0.392. The fraction of sp³-hybridized carbons (Fsp3) is 0.526. The quantitative estimate of drug-likeness (QED) is 0.577. The van der Waals surface area contributed by atoms with Crippen molar-refractivity contribution in [1.29, 1.82) is 0 Å². The average Bonchev–Trinajstić information content (AvgIpc) is 2.64. The van der Waals surface area contributed by atoms with Crippen LogP contribution in [0, 0.1) is 0 Å². The van der Waals surface area contributed by atoms with Gasteiger partial charge in [-0.3, -0.25) is 4.79 Å². The number of aliphatic hydroxyl groups excluding tert-OH is 3. The maximum atomic E-state index is 11.6. The highest BCUT2D eigenvalue weighted by molar-refractivity contribution is 5.82. The zero-order chi connectivity index (χ0) is 19.7. The second kappa shape index (κ2) is 7.85. The Hall–Kier alpha value is -2.13. The molecule has 2 heterocycles. The molecule has 0 aliphatic carbocycles. The molecule has 1 aromatic rings. The fourth-order valence-electron chi connectivity index (χ4n) is 3.50. The molecule has 1 fully saturated rings. The Labute approximate surface area is 158 Å². The molecule has 8 nitrogen and oxygen atoms in total. The number of ether oxygens (including phenoxy) is 2. The van der Waals surface area contributed by atoms with Gasteiger partial charge in [0.25, 0.3) is 0 Å². The summed E-state index contributed by atoms with van der Waals surface area (Å²) in [6.45, 7) is 3.56. The average molecular weight is 378 g/mol. The molecule has 2 aliphatic rings. The SMILES string of the molecule is CC(=O)NC1C(Oc2cccc3c2N(C)CC=C3C)OC(CO)C(O)C1O. The Morgan fingerprint density at radius 1 is 1.37 bits per heavy atom. The van der Waals surface area contributed by atoms with Gasteiger partial charge in [0.05, 0.1) is 12.3 Å². The van der Waals surface area contributed by atoms with Crippen LogP contribution in [-0.2, 0) is 9.53 Å². The highest BCUT2D eigenvalue weighted by atomic mass is 16.7. The molecule has 1 aromatic carbocycles. The smallest absolute Gasteiger partial charge is 0.223 e. The van der Waals surface area contributed by atoms with E-state index in [2.05, 4.69) is 11.4 Å². The maximum Gasteiger partial charge on any atom is 0.223 e. The monoisotopic (exact) mass is 378 g/mol. The standard InChI is InChI=1S/C19H26N2O6/c1-10-7-8-21(3)16-12(10)5-4-6-13(16)26-19-15(20-11(2)23)18(25)17(24)14(9-22)27-19/h4-7,14-15,17-19,22,24-25H,8-9H2,1-3H3,(H,20,23). The Bertz CT molecular complexity index is 737. The number of fused-ring (bicyclic) bond motifs is 1. The molecule has 5 unspecified atom stereocenters. The number of carbonyl (C=O) groups excluding carboxylic acids is 1. The number of para-hydroxylation sites is 1. The third kappa shape index (κ3) is 3.79. The number of amides is 1. The summed E-state index contributed by atoms with van der Waals surface area (Å²) in [4.78, 5) is 13.6. The number of hydrogen-bond donors (Lipinski definition) is 4. The van der Waals surface area contributed by atoms with Crippen LogP contribution in [0.5, 0.6) is 5.75 Å². The van der Waals surface area contributed by atoms with Gasteiger partial charge in [0.1, 0.15) is 30.1 Å². The van der Waals surface area contributed by atoms with Gasteiger partial charge >= 0.3 is 0 Å². The Morgan fingerprint density at radius 2 is 2.11 bits per heavy atom. The molecule has 0 radical (unpaired) electrons. The van der Waals surface area contributed by atoms with E-state index >= 15 is 0 Å². The molecule has 0 aromatic heterocycles. The summed E-state index contributed by atoms with van der Waals surface area (Å²) in [5, 5.41) is 32.5. The van der Waals surface area contributed by atoms with Gasteiger partial charge in [0, 0.05) is 26.1 Å². The number of allylic oxidation sites excluding steroid dienone is 1. The molecule has 27 heavy (non-hydrogen) atoms. The van der Waals surface area contributed by atoms with Crippen LogP contribution >= 0.6 is 0 Å². The van der Waals surface area contributed by atoms with Gasteiger partial charge in [-0.25, -0.2) is 0 Å². The van der Waals surface area contributed by atoms with E-state index in [-0.39, 0.29) is 0 Å². The van der Waals surface area contributed by atoms with Crippen molar-refractivity contribution < 1.29 is 29.6 Å². The van der Waals surface area contributed by atoms with E-state index in [0.29, 0.717) is 5.75 Å². The van der Waals surface area contributed by atoms with Gasteiger partial charge in [0.2, 0.25) is 12.2 Å². The van der Waals surface area contributed by atoms with Crippen molar-refractivity contribution in [3.63, 3.8) is 0 Å². The van der Waals surface area contributed by atoms with Crippen molar-refractivity contribution in [2.24, 2.45) is 0 Å². The Morgan fingerprint density at radius 3 is 2.78 bits per heavy atom. The van der Waals surface area contributed by atoms with Gasteiger partial charge < -0.3 is 35.0 Å². The van der Waals surface area contributed by atoms with E-state index in [4.69, 9.17) is 9.47 Å². The lowest BCUT2D eigenvalue weighted by Gasteiger charge is -2.42. The first kappa shape index (κ1) is 19.6. The minimum atomic E-state index is -1.34. The summed E-state index contributed by atoms with van der Waals surface area (Å²) < 4.78 is 11.7. The lowest BCUT2D eigenvalue weighted by atomic mass is 9.96. The second-order valence-electron chi connectivity index (χ2n) is 6.97. The number of hydrogen-bond acceptors (Lipinski definition) is 7. The first-order chi connectivity index (χ1) is 12.8. The zero-order valence-corrected chi connectivity index (χ0v) is 15.6. The molecule has 5 atom stereocenters. The van der Waals surface area contributed by atoms with Crippen LogP contribution in [-0.4, -0.2) is 72.1 Å². The summed E-state index contributed by atoms with van der Waals surface area (Å²) in [7, 11) is 1.94. The van der Waals surface area contributed by atoms with Gasteiger partial charge in [-0.05, 0) is 18.6 Å². The molecule has 1 saturated heterocycles. The normalized spacial score (nSPS) is 30.4. The third-order valence-corrected chi connectivity index (χ3v) is 4.97. The van der Waals surface area contributed by atoms with Crippen molar-refractivity contribution in [2.75, 3.05) is 25.1 Å². The second-order valence-corrected chi connectivity index (χ2v) is 6.97. The van der Waals surface area contributed by atoms with Crippen molar-refractivity contribution >= 4 is 17.2 Å². The molecule has 3 rings (SSSR count). The molecule has 4 N–H and O–H groups in total. The number of aliphatic hydroxyl groups is 3. The fourth-order valence-corrected chi connectivity index (χ4v) is 3.50. The minimum Gasteiger partial charge on any atom is -0.460 e. The van der Waals surface area contributed by atoms with Gasteiger partial charge in [0.15, 0.2) is 0 Å². The van der Waals surface area contributed by atoms with Gasteiger partial charge in [-0.1, -0.05) is 18.2 Å². The summed E-state index contributed by atoms with van der Waals surface area (Å²) in [6, 6.07) is 4.65. The van der Waals surface area contributed by atoms with Crippen LogP contribution in [0.2, 0.25) is 0 Å². The summed E-state index contributed by atoms with van der Waals surface area (Å²) in [6.07, 6.45) is -2.66. The highest BCUT2D eigenvalue weighted by Gasteiger charge is 2.46. The number of carbonyl (C=O) groups is 1. The first-order valence-corrected chi connectivity index (χ1v) is 8.91. The van der Waals surface area contributed by atoms with Crippen molar-refractivity contribution in [3.05, 3.63) is 29.8 Å². The van der Waals surface area contributed by atoms with Crippen LogP contribution in [0.15, 0.2) is 24.3 Å². The molecular weight excluding hydrogens is 352 g/mol. The summed E-state index contributed by atoms with van der Waals surface area (Å²) >= 11 is 0. The van der Waals surface area contributed by atoms with Crippen molar-refractivity contribution in [1.82, 2.24) is 5.32 Å². The summed E-state index contributed by atoms with van der Waals surface area (Å²) in [5.41, 5.74) is 3.02. The number of rotatable bonds is 4. The van der Waals surface area contributed by atoms with Crippen molar-refractivity contribution in [2.45, 2.75) is 44.5 Å². The van der Waals surface area contributed by atoms with Gasteiger partial charge in [-0.2, -0.15) is 0 Å². The van der Waals surface area contributed by atoms with Crippen molar-refractivity contribution in [3.8, 4) is 5.75 Å². The highest BCUT2D eigenvalue weighted by Crippen LogP contribution is 2.39. The Balaban J connectivity index is 1.94. The molecule has 0 spiro atoms. The van der Waals surface area contributed by atoms with Gasteiger partial charge in [-0.15, -0.1) is 0 Å². The molecule has 2 aliphatic heterocycles. The lowest BCUT2D eigenvalue weighted by molar-refractivity contribution is -0.244. The van der Waals surface area contributed by atoms with Crippen LogP contribution in [0.1, 0.15) is 19.4 Å². The number of nitrogens with zero attached hydrogens (tertiary/aromatic N) is 1. The van der Waals surface area contributed by atoms with E-state index in [9.17, 15) is 20.1 Å². The van der Waals surface area contributed by atoms with Crippen LogP contribution in [0.25, 0.3) is 5.57 Å². The predicted octanol–water partition coefficient (Wildman–Crippen LogP) is -0.138. The number of anilines is 1. The predicted molar refractivity (Wildman–Crippen MR) is 99.4 cm³/mol. The van der Waals surface area contributed by atoms with E-state index in [1.54, 1.807) is 6.07 Å². The van der Waals surface area contributed by atoms with E-state index in [1.807, 2.05) is 31.0 Å². The molecule has 1 amide bonds. The van der Waals surface area contributed by atoms with E-state index in [0.717, 1.165) is 23.4 Å². The van der Waals surface area contributed by atoms with E-state index < -0.39 is 43.2 Å². The molecule has 8 heteroatoms. The van der Waals surface area contributed by atoms with Crippen LogP contribution in [0.3, 0.4) is 0 Å². The topological polar surface area (TPSA) is 111 Å². The van der Waals surface area contributed by atoms with E-state index in [1.165, 1.54) is 6.92 Å². The molecular formula is C19H26N2O6. The van der Waals surface area contributed by atoms with Crippen LogP contribution in [0.4, 0.5) is 5.69 Å². The zero-order valence-electron chi connectivity index (χ0n) is 15.6. The molecule has 0 saturated carbocycles. The number of benzene rings is 1. The van der Waals surface area contributed by atoms with Crippen LogP contribution < -0.4 is 15.0 Å². The lowest BCUT2D eigenvalue weighted by Crippen LogP contribution is -2.65. The largest absolute Gasteiger partial charge is 0.460 e. The summed E-state index contributed by atoms with van der Waals surface area (Å²) in [5.74, 6) is 0.139. The number of likely N-dealkylation sites (N-methyl/N-ethyl adjacent to an activating group) is 1. The first-order valence-electron chi connectivity index (χ1n) is 8.91. The Kier molecular flexibility index (Phi) is 5.71. The number of nitrogens with one attached hydrogen (secondary N) is 1. The molecule has 148 valence electrons. The molecule has 0 bridgehead atoms. The third-order valence-electron chi connectivity index (χ3n) is 4.97.